The maximum atomic E-state index is 9.08. The molecule has 2 heterocycles. The number of nitrogens with zero attached hydrogens (tertiary/aromatic N) is 4. The van der Waals surface area contributed by atoms with E-state index < -0.39 is 5.92 Å². The van der Waals surface area contributed by atoms with Crippen LogP contribution in [-0.2, 0) is 0 Å². The van der Waals surface area contributed by atoms with Gasteiger partial charge in [-0.1, -0.05) is 0 Å². The molecule has 1 atom stereocenters. The van der Waals surface area contributed by atoms with Gasteiger partial charge in [-0.2, -0.15) is 5.26 Å². The van der Waals surface area contributed by atoms with Gasteiger partial charge in [0.05, 0.1) is 6.07 Å². The van der Waals surface area contributed by atoms with E-state index in [1.165, 1.54) is 0 Å². The van der Waals surface area contributed by atoms with Gasteiger partial charge in [0, 0.05) is 24.8 Å². The Kier molecular flexibility index (Phi) is 2.65. The number of pyridine rings is 1. The molecule has 4 nitrogen and oxygen atoms in total. The van der Waals surface area contributed by atoms with Crippen LogP contribution in [0.25, 0.3) is 0 Å². The van der Waals surface area contributed by atoms with Crippen LogP contribution in [0, 0.1) is 11.3 Å². The third kappa shape index (κ3) is 1.97. The lowest BCUT2D eigenvalue weighted by Gasteiger charge is -2.06. The Morgan fingerprint density at radius 2 is 1.73 bits per heavy atom. The van der Waals surface area contributed by atoms with Gasteiger partial charge in [-0.05, 0) is 23.8 Å². The molecule has 2 rings (SSSR count). The van der Waals surface area contributed by atoms with Crippen LogP contribution in [0.15, 0.2) is 43.0 Å². The second kappa shape index (κ2) is 4.29. The van der Waals surface area contributed by atoms with Crippen molar-refractivity contribution >= 4 is 0 Å². The van der Waals surface area contributed by atoms with Crippen LogP contribution >= 0.6 is 0 Å². The molecule has 0 saturated heterocycles. The van der Waals surface area contributed by atoms with Crippen molar-refractivity contribution in [1.29, 1.82) is 5.26 Å². The van der Waals surface area contributed by atoms with E-state index in [2.05, 4.69) is 21.0 Å². The fourth-order valence-electron chi connectivity index (χ4n) is 1.30. The van der Waals surface area contributed by atoms with Gasteiger partial charge in [-0.15, -0.1) is 0 Å². The molecule has 2 aromatic rings. The zero-order valence-corrected chi connectivity index (χ0v) is 7.91. The minimum Gasteiger partial charge on any atom is -0.265 e. The summed E-state index contributed by atoms with van der Waals surface area (Å²) >= 11 is 0. The summed E-state index contributed by atoms with van der Waals surface area (Å²) in [5, 5.41) is 9.08. The normalized spacial score (nSPS) is 11.7. The molecule has 0 saturated carbocycles. The van der Waals surface area contributed by atoms with Crippen molar-refractivity contribution in [3.8, 4) is 6.07 Å². The molecule has 0 radical (unpaired) electrons. The van der Waals surface area contributed by atoms with E-state index in [9.17, 15) is 0 Å². The molecule has 1 unspecified atom stereocenters. The van der Waals surface area contributed by atoms with Gasteiger partial charge in [-0.25, -0.2) is 9.97 Å². The summed E-state index contributed by atoms with van der Waals surface area (Å²) in [6, 6.07) is 7.50. The van der Waals surface area contributed by atoms with Crippen molar-refractivity contribution in [3.05, 3.63) is 54.4 Å². The van der Waals surface area contributed by atoms with Gasteiger partial charge in [0.25, 0.3) is 0 Å². The Hall–Kier alpha value is -2.28. The predicted molar refractivity (Wildman–Crippen MR) is 53.7 cm³/mol. The zero-order valence-electron chi connectivity index (χ0n) is 7.91. The van der Waals surface area contributed by atoms with Crippen LogP contribution in [0.4, 0.5) is 0 Å². The summed E-state index contributed by atoms with van der Waals surface area (Å²) in [7, 11) is 0. The first-order valence-corrected chi connectivity index (χ1v) is 4.48. The third-order valence-corrected chi connectivity index (χ3v) is 2.01. The smallest absolute Gasteiger partial charge is 0.149 e. The molecule has 0 aliphatic carbocycles. The Labute approximate surface area is 87.3 Å². The van der Waals surface area contributed by atoms with Crippen molar-refractivity contribution in [1.82, 2.24) is 15.0 Å². The van der Waals surface area contributed by atoms with Gasteiger partial charge in [-0.3, -0.25) is 4.98 Å². The first-order valence-electron chi connectivity index (χ1n) is 4.48. The standard InChI is InChI=1S/C11H8N4/c12-8-10(9-2-6-13-7-3-9)11-14-4-1-5-15-11/h1-7,10H. The maximum Gasteiger partial charge on any atom is 0.149 e. The van der Waals surface area contributed by atoms with Gasteiger partial charge in [0.15, 0.2) is 0 Å². The largest absolute Gasteiger partial charge is 0.265 e. The van der Waals surface area contributed by atoms with Crippen LogP contribution in [0.2, 0.25) is 0 Å². The van der Waals surface area contributed by atoms with Crippen molar-refractivity contribution < 1.29 is 0 Å². The molecule has 0 aliphatic rings. The Bertz CT molecular complexity index is 421. The molecule has 0 bridgehead atoms. The number of rotatable bonds is 2. The highest BCUT2D eigenvalue weighted by atomic mass is 14.9. The molecule has 0 N–H and O–H groups in total. The monoisotopic (exact) mass is 196 g/mol. The molecule has 4 heteroatoms. The van der Waals surface area contributed by atoms with Crippen LogP contribution in [0.1, 0.15) is 17.3 Å². The molecule has 0 fully saturated rings. The lowest BCUT2D eigenvalue weighted by atomic mass is 10.0. The van der Waals surface area contributed by atoms with Crippen molar-refractivity contribution in [2.24, 2.45) is 0 Å². The highest BCUT2D eigenvalue weighted by molar-refractivity contribution is 5.29. The second-order valence-corrected chi connectivity index (χ2v) is 2.95. The molecule has 0 spiro atoms. The van der Waals surface area contributed by atoms with Gasteiger partial charge in [0.1, 0.15) is 11.7 Å². The van der Waals surface area contributed by atoms with Crippen molar-refractivity contribution in [3.63, 3.8) is 0 Å². The Balaban J connectivity index is 2.39. The van der Waals surface area contributed by atoms with E-state index in [0.717, 1.165) is 5.56 Å². The Morgan fingerprint density at radius 1 is 1.07 bits per heavy atom. The van der Waals surface area contributed by atoms with E-state index >= 15 is 0 Å². The summed E-state index contributed by atoms with van der Waals surface area (Å²) in [6.07, 6.45) is 6.58. The average molecular weight is 196 g/mol. The minimum atomic E-state index is -0.422. The number of nitriles is 1. The highest BCUT2D eigenvalue weighted by Crippen LogP contribution is 2.18. The summed E-state index contributed by atoms with van der Waals surface area (Å²) in [6.45, 7) is 0. The van der Waals surface area contributed by atoms with Gasteiger partial charge < -0.3 is 0 Å². The molecular weight excluding hydrogens is 188 g/mol. The molecule has 0 aliphatic heterocycles. The lowest BCUT2D eigenvalue weighted by Crippen LogP contribution is -2.03. The lowest BCUT2D eigenvalue weighted by molar-refractivity contribution is 0.887. The van der Waals surface area contributed by atoms with E-state index in [1.54, 1.807) is 43.0 Å². The fourth-order valence-corrected chi connectivity index (χ4v) is 1.30. The summed E-state index contributed by atoms with van der Waals surface area (Å²) in [4.78, 5) is 12.1. The van der Waals surface area contributed by atoms with E-state index in [1.807, 2.05) is 0 Å². The van der Waals surface area contributed by atoms with E-state index in [0.29, 0.717) is 5.82 Å². The number of hydrogen-bond acceptors (Lipinski definition) is 4. The molecule has 72 valence electrons. The van der Waals surface area contributed by atoms with Crippen LogP contribution in [0.3, 0.4) is 0 Å². The first-order chi connectivity index (χ1) is 7.42. The fraction of sp³-hybridized carbons (Fsp3) is 0.0909. The summed E-state index contributed by atoms with van der Waals surface area (Å²) in [5.41, 5.74) is 0.860. The minimum absolute atomic E-state index is 0.422. The molecular formula is C11H8N4. The first kappa shape index (κ1) is 9.28. The molecule has 15 heavy (non-hydrogen) atoms. The van der Waals surface area contributed by atoms with E-state index in [-0.39, 0.29) is 0 Å². The van der Waals surface area contributed by atoms with Gasteiger partial charge in [0.2, 0.25) is 0 Å². The third-order valence-electron chi connectivity index (χ3n) is 2.01. The quantitative estimate of drug-likeness (QED) is 0.730. The highest BCUT2D eigenvalue weighted by Gasteiger charge is 2.15. The topological polar surface area (TPSA) is 62.5 Å². The maximum absolute atomic E-state index is 9.08. The van der Waals surface area contributed by atoms with Gasteiger partial charge >= 0.3 is 0 Å². The molecule has 0 amide bonds. The van der Waals surface area contributed by atoms with Crippen LogP contribution in [-0.4, -0.2) is 15.0 Å². The van der Waals surface area contributed by atoms with E-state index in [4.69, 9.17) is 5.26 Å². The van der Waals surface area contributed by atoms with Crippen LogP contribution in [0.5, 0.6) is 0 Å². The Morgan fingerprint density at radius 3 is 2.33 bits per heavy atom. The zero-order chi connectivity index (χ0) is 10.5. The molecule has 2 aromatic heterocycles. The second-order valence-electron chi connectivity index (χ2n) is 2.95. The summed E-state index contributed by atoms with van der Waals surface area (Å²) < 4.78 is 0. The van der Waals surface area contributed by atoms with Crippen LogP contribution < -0.4 is 0 Å². The van der Waals surface area contributed by atoms with Crippen molar-refractivity contribution in [2.45, 2.75) is 5.92 Å². The number of aromatic nitrogens is 3. The van der Waals surface area contributed by atoms with Crippen molar-refractivity contribution in [2.75, 3.05) is 0 Å². The summed E-state index contributed by atoms with van der Waals surface area (Å²) in [5.74, 6) is 0.0976. The average Bonchev–Trinajstić information content (AvgIpc) is 2.33. The SMILES string of the molecule is N#CC(c1ccncc1)c1ncccn1. The number of hydrogen-bond donors (Lipinski definition) is 0. The predicted octanol–water partition coefficient (Wildman–Crippen LogP) is 1.53. The molecule has 0 aromatic carbocycles.